The molecule has 0 aromatic heterocycles. The van der Waals surface area contributed by atoms with Crippen LogP contribution in [0.4, 0.5) is 5.69 Å². The van der Waals surface area contributed by atoms with Gasteiger partial charge in [-0.15, -0.1) is 0 Å². The van der Waals surface area contributed by atoms with Gasteiger partial charge in [0.05, 0.1) is 11.6 Å². The average molecular weight is 397 g/mol. The Kier molecular flexibility index (Phi) is 6.76. The second-order valence-corrected chi connectivity index (χ2v) is 7.78. The van der Waals surface area contributed by atoms with Crippen molar-refractivity contribution in [2.45, 2.75) is 19.6 Å². The third kappa shape index (κ3) is 5.27. The standard InChI is InChI=1S/C26H28N4/c27-18-22-10-12-23(13-11-22)19-28-20-24-6-4-5-7-25(24)21-29-14-16-30(17-15-29)26-8-2-1-3-9-26/h1-13,28H,14-17,19-21H2. The van der Waals surface area contributed by atoms with Gasteiger partial charge in [0.1, 0.15) is 0 Å². The van der Waals surface area contributed by atoms with Crippen LogP contribution >= 0.6 is 0 Å². The number of benzene rings is 3. The molecular weight excluding hydrogens is 368 g/mol. The van der Waals surface area contributed by atoms with Crippen LogP contribution in [-0.2, 0) is 19.6 Å². The van der Waals surface area contributed by atoms with E-state index in [1.807, 2.05) is 24.3 Å². The molecule has 1 N–H and O–H groups in total. The number of para-hydroxylation sites is 1. The van der Waals surface area contributed by atoms with Crippen molar-refractivity contribution in [3.8, 4) is 6.07 Å². The molecule has 30 heavy (non-hydrogen) atoms. The summed E-state index contributed by atoms with van der Waals surface area (Å²) in [5.41, 5.74) is 5.99. The van der Waals surface area contributed by atoms with E-state index in [-0.39, 0.29) is 0 Å². The van der Waals surface area contributed by atoms with Crippen molar-refractivity contribution in [1.29, 1.82) is 5.26 Å². The molecule has 1 heterocycles. The van der Waals surface area contributed by atoms with Crippen LogP contribution in [0, 0.1) is 11.3 Å². The zero-order chi connectivity index (χ0) is 20.6. The first-order valence-electron chi connectivity index (χ1n) is 10.6. The van der Waals surface area contributed by atoms with Gasteiger partial charge in [0, 0.05) is 51.5 Å². The number of piperazine rings is 1. The van der Waals surface area contributed by atoms with Gasteiger partial charge in [-0.2, -0.15) is 5.26 Å². The molecule has 0 atom stereocenters. The number of anilines is 1. The van der Waals surface area contributed by atoms with Gasteiger partial charge in [0.2, 0.25) is 0 Å². The molecule has 0 bridgehead atoms. The summed E-state index contributed by atoms with van der Waals surface area (Å²) in [7, 11) is 0. The zero-order valence-corrected chi connectivity index (χ0v) is 17.3. The SMILES string of the molecule is N#Cc1ccc(CNCc2ccccc2CN2CCN(c3ccccc3)CC2)cc1. The summed E-state index contributed by atoms with van der Waals surface area (Å²) in [6.45, 7) is 6.96. The molecule has 1 aliphatic heterocycles. The van der Waals surface area contributed by atoms with E-state index in [2.05, 4.69) is 75.8 Å². The maximum absolute atomic E-state index is 8.92. The fraction of sp³-hybridized carbons (Fsp3) is 0.269. The summed E-state index contributed by atoms with van der Waals surface area (Å²) in [5.74, 6) is 0. The van der Waals surface area contributed by atoms with Gasteiger partial charge in [0.15, 0.2) is 0 Å². The van der Waals surface area contributed by atoms with Crippen LogP contribution < -0.4 is 10.2 Å². The maximum Gasteiger partial charge on any atom is 0.0991 e. The van der Waals surface area contributed by atoms with Gasteiger partial charge in [0.25, 0.3) is 0 Å². The summed E-state index contributed by atoms with van der Waals surface area (Å²) in [4.78, 5) is 5.03. The van der Waals surface area contributed by atoms with E-state index < -0.39 is 0 Å². The van der Waals surface area contributed by atoms with Gasteiger partial charge in [-0.3, -0.25) is 4.90 Å². The number of hydrogen-bond donors (Lipinski definition) is 1. The largest absolute Gasteiger partial charge is 0.369 e. The zero-order valence-electron chi connectivity index (χ0n) is 17.3. The molecule has 4 rings (SSSR count). The molecule has 4 nitrogen and oxygen atoms in total. The van der Waals surface area contributed by atoms with Crippen LogP contribution in [-0.4, -0.2) is 31.1 Å². The second-order valence-electron chi connectivity index (χ2n) is 7.78. The van der Waals surface area contributed by atoms with E-state index in [0.717, 1.165) is 45.8 Å². The lowest BCUT2D eigenvalue weighted by atomic mass is 10.1. The highest BCUT2D eigenvalue weighted by Crippen LogP contribution is 2.18. The first-order chi connectivity index (χ1) is 14.8. The Bertz CT molecular complexity index is 968. The van der Waals surface area contributed by atoms with E-state index in [9.17, 15) is 0 Å². The van der Waals surface area contributed by atoms with Crippen molar-refractivity contribution in [2.24, 2.45) is 0 Å². The summed E-state index contributed by atoms with van der Waals surface area (Å²) in [6, 6.07) is 29.4. The van der Waals surface area contributed by atoms with E-state index in [1.165, 1.54) is 22.4 Å². The van der Waals surface area contributed by atoms with Gasteiger partial charge >= 0.3 is 0 Å². The van der Waals surface area contributed by atoms with E-state index >= 15 is 0 Å². The van der Waals surface area contributed by atoms with Crippen LogP contribution in [0.3, 0.4) is 0 Å². The van der Waals surface area contributed by atoms with Gasteiger partial charge in [-0.1, -0.05) is 54.6 Å². The molecule has 3 aromatic rings. The second kappa shape index (κ2) is 10.1. The van der Waals surface area contributed by atoms with Gasteiger partial charge in [-0.25, -0.2) is 0 Å². The lowest BCUT2D eigenvalue weighted by Gasteiger charge is -2.36. The summed E-state index contributed by atoms with van der Waals surface area (Å²) in [5, 5.41) is 12.5. The van der Waals surface area contributed by atoms with Crippen molar-refractivity contribution in [2.75, 3.05) is 31.1 Å². The quantitative estimate of drug-likeness (QED) is 0.651. The topological polar surface area (TPSA) is 42.3 Å². The van der Waals surface area contributed by atoms with E-state index in [4.69, 9.17) is 5.26 Å². The highest BCUT2D eigenvalue weighted by molar-refractivity contribution is 5.46. The Hall–Kier alpha value is -3.13. The minimum absolute atomic E-state index is 0.705. The monoisotopic (exact) mass is 396 g/mol. The molecule has 3 aromatic carbocycles. The smallest absolute Gasteiger partial charge is 0.0991 e. The molecule has 1 saturated heterocycles. The molecule has 1 aliphatic rings. The van der Waals surface area contributed by atoms with Crippen molar-refractivity contribution in [3.63, 3.8) is 0 Å². The van der Waals surface area contributed by atoms with E-state index in [1.54, 1.807) is 0 Å². The first kappa shape index (κ1) is 20.2. The van der Waals surface area contributed by atoms with Crippen molar-refractivity contribution in [1.82, 2.24) is 10.2 Å². The predicted octanol–water partition coefficient (Wildman–Crippen LogP) is 4.17. The molecule has 0 aliphatic carbocycles. The lowest BCUT2D eigenvalue weighted by Crippen LogP contribution is -2.46. The number of nitrogens with zero attached hydrogens (tertiary/aromatic N) is 3. The molecular formula is C26H28N4. The summed E-state index contributed by atoms with van der Waals surface area (Å²) >= 11 is 0. The Balaban J connectivity index is 1.29. The van der Waals surface area contributed by atoms with Crippen LogP contribution in [0.15, 0.2) is 78.9 Å². The minimum Gasteiger partial charge on any atom is -0.369 e. The number of hydrogen-bond acceptors (Lipinski definition) is 4. The Morgan fingerprint density at radius 3 is 2.10 bits per heavy atom. The Morgan fingerprint density at radius 2 is 1.40 bits per heavy atom. The lowest BCUT2D eigenvalue weighted by molar-refractivity contribution is 0.249. The third-order valence-corrected chi connectivity index (χ3v) is 5.73. The van der Waals surface area contributed by atoms with E-state index in [0.29, 0.717) is 5.56 Å². The van der Waals surface area contributed by atoms with Crippen molar-refractivity contribution >= 4 is 5.69 Å². The molecule has 1 fully saturated rings. The Morgan fingerprint density at radius 1 is 0.733 bits per heavy atom. The third-order valence-electron chi connectivity index (χ3n) is 5.73. The molecule has 0 radical (unpaired) electrons. The maximum atomic E-state index is 8.92. The normalized spacial score (nSPS) is 14.4. The fourth-order valence-corrected chi connectivity index (χ4v) is 3.97. The van der Waals surface area contributed by atoms with Gasteiger partial charge in [-0.05, 0) is 41.0 Å². The number of nitriles is 1. The molecule has 152 valence electrons. The van der Waals surface area contributed by atoms with Crippen LogP contribution in [0.2, 0.25) is 0 Å². The fourth-order valence-electron chi connectivity index (χ4n) is 3.97. The average Bonchev–Trinajstić information content (AvgIpc) is 2.82. The number of rotatable bonds is 7. The minimum atomic E-state index is 0.705. The Labute approximate surface area is 179 Å². The molecule has 0 spiro atoms. The van der Waals surface area contributed by atoms with Crippen LogP contribution in [0.1, 0.15) is 22.3 Å². The molecule has 0 amide bonds. The highest BCUT2D eigenvalue weighted by atomic mass is 15.3. The van der Waals surface area contributed by atoms with Crippen LogP contribution in [0.25, 0.3) is 0 Å². The molecule has 0 unspecified atom stereocenters. The highest BCUT2D eigenvalue weighted by Gasteiger charge is 2.18. The van der Waals surface area contributed by atoms with Crippen LogP contribution in [0.5, 0.6) is 0 Å². The molecule has 0 saturated carbocycles. The first-order valence-corrected chi connectivity index (χ1v) is 10.6. The predicted molar refractivity (Wildman–Crippen MR) is 122 cm³/mol. The molecule has 4 heteroatoms. The van der Waals surface area contributed by atoms with Gasteiger partial charge < -0.3 is 10.2 Å². The summed E-state index contributed by atoms with van der Waals surface area (Å²) in [6.07, 6.45) is 0. The summed E-state index contributed by atoms with van der Waals surface area (Å²) < 4.78 is 0. The number of nitrogens with one attached hydrogen (secondary N) is 1. The van der Waals surface area contributed by atoms with Crippen molar-refractivity contribution < 1.29 is 0 Å². The van der Waals surface area contributed by atoms with Crippen molar-refractivity contribution in [3.05, 3.63) is 101 Å².